The fourth-order valence-corrected chi connectivity index (χ4v) is 2.12. The molecular weight excluding hydrogens is 242 g/mol. The molecule has 19 heavy (non-hydrogen) atoms. The fraction of sp³-hybridized carbons (Fsp3) is 0.733. The Kier molecular flexibility index (Phi) is 5.49. The zero-order chi connectivity index (χ0) is 14.5. The van der Waals surface area contributed by atoms with Crippen LogP contribution in [0.15, 0.2) is 18.1 Å². The van der Waals surface area contributed by atoms with Crippen LogP contribution in [0.4, 0.5) is 4.79 Å². The van der Waals surface area contributed by atoms with E-state index < -0.39 is 5.60 Å². The number of rotatable bonds is 3. The summed E-state index contributed by atoms with van der Waals surface area (Å²) in [5.41, 5.74) is 2.43. The van der Waals surface area contributed by atoms with Crippen molar-refractivity contribution in [3.63, 3.8) is 0 Å². The third-order valence-electron chi connectivity index (χ3n) is 2.99. The first-order valence-electron chi connectivity index (χ1n) is 6.88. The Morgan fingerprint density at radius 3 is 2.37 bits per heavy atom. The number of carbonyl (C=O) groups is 1. The zero-order valence-electron chi connectivity index (χ0n) is 12.5. The van der Waals surface area contributed by atoms with Crippen LogP contribution in [-0.4, -0.2) is 36.3 Å². The van der Waals surface area contributed by atoms with Crippen molar-refractivity contribution in [2.24, 2.45) is 5.92 Å². The molecule has 0 radical (unpaired) electrons. The van der Waals surface area contributed by atoms with E-state index in [1.807, 2.05) is 27.7 Å². The molecule has 1 amide bonds. The molecule has 0 aromatic heterocycles. The molecule has 4 heteroatoms. The van der Waals surface area contributed by atoms with Gasteiger partial charge in [-0.15, -0.1) is 0 Å². The van der Waals surface area contributed by atoms with Gasteiger partial charge in [0.05, 0.1) is 6.61 Å². The number of amides is 1. The maximum absolute atomic E-state index is 11.9. The molecule has 0 spiro atoms. The summed E-state index contributed by atoms with van der Waals surface area (Å²) in [6.45, 7) is 13.3. The van der Waals surface area contributed by atoms with E-state index in [2.05, 4.69) is 12.3 Å². The molecule has 0 aromatic carbocycles. The van der Waals surface area contributed by atoms with Crippen LogP contribution in [-0.2, 0) is 9.47 Å². The smallest absolute Gasteiger partial charge is 0.410 e. The van der Waals surface area contributed by atoms with Gasteiger partial charge in [0, 0.05) is 19.0 Å². The Balaban J connectivity index is 2.49. The maximum Gasteiger partial charge on any atom is 0.410 e. The molecule has 1 saturated heterocycles. The van der Waals surface area contributed by atoms with Crippen LogP contribution in [0.1, 0.15) is 40.5 Å². The van der Waals surface area contributed by atoms with Gasteiger partial charge in [-0.1, -0.05) is 12.3 Å². The minimum Gasteiger partial charge on any atom is -0.490 e. The van der Waals surface area contributed by atoms with Crippen LogP contribution in [0.5, 0.6) is 0 Å². The van der Waals surface area contributed by atoms with Crippen molar-refractivity contribution < 1.29 is 14.3 Å². The van der Waals surface area contributed by atoms with Gasteiger partial charge in [-0.05, 0) is 40.5 Å². The molecule has 0 N–H and O–H groups in total. The van der Waals surface area contributed by atoms with Gasteiger partial charge in [0.15, 0.2) is 0 Å². The average molecular weight is 267 g/mol. The van der Waals surface area contributed by atoms with Crippen molar-refractivity contribution in [2.75, 3.05) is 19.7 Å². The van der Waals surface area contributed by atoms with Gasteiger partial charge in [0.2, 0.25) is 0 Å². The molecule has 1 heterocycles. The van der Waals surface area contributed by atoms with Gasteiger partial charge in [-0.3, -0.25) is 0 Å². The minimum absolute atomic E-state index is 0.230. The highest BCUT2D eigenvalue weighted by molar-refractivity contribution is 5.68. The predicted octanol–water partition coefficient (Wildman–Crippen LogP) is 3.34. The molecule has 0 aromatic rings. The number of allylic oxidation sites excluding steroid dienone is 1. The molecule has 0 atom stereocenters. The first-order chi connectivity index (χ1) is 8.87. The van der Waals surface area contributed by atoms with Crippen molar-refractivity contribution in [1.82, 2.24) is 4.90 Å². The normalized spacial score (nSPS) is 16.7. The lowest BCUT2D eigenvalue weighted by molar-refractivity contribution is 0.0173. The third-order valence-corrected chi connectivity index (χ3v) is 2.99. The van der Waals surface area contributed by atoms with Crippen LogP contribution in [0, 0.1) is 5.92 Å². The van der Waals surface area contributed by atoms with Gasteiger partial charge >= 0.3 is 6.09 Å². The molecule has 1 rings (SSSR count). The Hall–Kier alpha value is -1.41. The van der Waals surface area contributed by atoms with Crippen molar-refractivity contribution in [2.45, 2.75) is 46.1 Å². The monoisotopic (exact) mass is 267 g/mol. The first-order valence-corrected chi connectivity index (χ1v) is 6.88. The summed E-state index contributed by atoms with van der Waals surface area (Å²) in [5, 5.41) is 0. The van der Waals surface area contributed by atoms with Crippen molar-refractivity contribution in [1.29, 1.82) is 0 Å². The van der Waals surface area contributed by atoms with Crippen LogP contribution in [0.2, 0.25) is 0 Å². The van der Waals surface area contributed by atoms with Crippen LogP contribution in [0.3, 0.4) is 0 Å². The number of ether oxygens (including phenoxy) is 2. The van der Waals surface area contributed by atoms with E-state index in [1.54, 1.807) is 4.90 Å². The van der Waals surface area contributed by atoms with Crippen LogP contribution >= 0.6 is 0 Å². The molecular formula is C15H25NO3. The molecule has 0 saturated carbocycles. The largest absolute Gasteiger partial charge is 0.490 e. The molecule has 0 unspecified atom stereocenters. The summed E-state index contributed by atoms with van der Waals surface area (Å²) in [4.78, 5) is 13.7. The number of hydrogen-bond acceptors (Lipinski definition) is 3. The Morgan fingerprint density at radius 2 is 1.95 bits per heavy atom. The van der Waals surface area contributed by atoms with Gasteiger partial charge in [0.1, 0.15) is 11.4 Å². The molecule has 108 valence electrons. The summed E-state index contributed by atoms with van der Waals surface area (Å²) in [6.07, 6.45) is 1.51. The van der Waals surface area contributed by atoms with E-state index in [-0.39, 0.29) is 6.09 Å². The lowest BCUT2D eigenvalue weighted by Gasteiger charge is -2.33. The SMILES string of the molecule is C=C=C(OCC)C1CCN(C(=O)OC(C)(C)C)CC1. The topological polar surface area (TPSA) is 38.8 Å². The molecule has 4 nitrogen and oxygen atoms in total. The van der Waals surface area contributed by atoms with Crippen molar-refractivity contribution in [3.05, 3.63) is 18.1 Å². The highest BCUT2D eigenvalue weighted by Gasteiger charge is 2.28. The van der Waals surface area contributed by atoms with Crippen LogP contribution < -0.4 is 0 Å². The van der Waals surface area contributed by atoms with Gasteiger partial charge in [-0.25, -0.2) is 4.79 Å². The van der Waals surface area contributed by atoms with E-state index in [0.717, 1.165) is 18.6 Å². The number of carbonyl (C=O) groups excluding carboxylic acids is 1. The van der Waals surface area contributed by atoms with Crippen LogP contribution in [0.25, 0.3) is 0 Å². The highest BCUT2D eigenvalue weighted by atomic mass is 16.6. The van der Waals surface area contributed by atoms with Gasteiger partial charge < -0.3 is 14.4 Å². The van der Waals surface area contributed by atoms with Gasteiger partial charge in [-0.2, -0.15) is 0 Å². The maximum atomic E-state index is 11.9. The molecule has 1 aliphatic rings. The number of likely N-dealkylation sites (tertiary alicyclic amines) is 1. The Labute approximate surface area is 116 Å². The standard InChI is InChI=1S/C15H25NO3/c1-6-13(18-7-2)12-8-10-16(11-9-12)14(17)19-15(3,4)5/h12H,1,7-11H2,2-5H3. The fourth-order valence-electron chi connectivity index (χ4n) is 2.12. The predicted molar refractivity (Wildman–Crippen MR) is 74.8 cm³/mol. The summed E-state index contributed by atoms with van der Waals surface area (Å²) < 4.78 is 10.9. The molecule has 1 fully saturated rings. The quantitative estimate of drug-likeness (QED) is 0.581. The van der Waals surface area contributed by atoms with E-state index in [1.165, 1.54) is 0 Å². The lowest BCUT2D eigenvalue weighted by Crippen LogP contribution is -2.42. The molecule has 0 aliphatic carbocycles. The molecule has 0 bridgehead atoms. The Bertz CT molecular complexity index is 356. The van der Waals surface area contributed by atoms with E-state index in [0.29, 0.717) is 25.6 Å². The summed E-state index contributed by atoms with van der Waals surface area (Å²) in [6, 6.07) is 0. The summed E-state index contributed by atoms with van der Waals surface area (Å²) in [5.74, 6) is 1.14. The summed E-state index contributed by atoms with van der Waals surface area (Å²) in [7, 11) is 0. The highest BCUT2D eigenvalue weighted by Crippen LogP contribution is 2.25. The summed E-state index contributed by atoms with van der Waals surface area (Å²) >= 11 is 0. The zero-order valence-corrected chi connectivity index (χ0v) is 12.5. The minimum atomic E-state index is -0.439. The number of piperidine rings is 1. The average Bonchev–Trinajstić information content (AvgIpc) is 2.34. The number of hydrogen-bond donors (Lipinski definition) is 0. The third kappa shape index (κ3) is 4.99. The van der Waals surface area contributed by atoms with Gasteiger partial charge in [0.25, 0.3) is 0 Å². The number of nitrogens with zero attached hydrogens (tertiary/aromatic N) is 1. The Morgan fingerprint density at radius 1 is 1.37 bits per heavy atom. The van der Waals surface area contributed by atoms with Crippen molar-refractivity contribution >= 4 is 6.09 Å². The van der Waals surface area contributed by atoms with E-state index in [9.17, 15) is 4.79 Å². The second kappa shape index (κ2) is 6.67. The van der Waals surface area contributed by atoms with E-state index in [4.69, 9.17) is 9.47 Å². The molecule has 1 aliphatic heterocycles. The second-order valence-electron chi connectivity index (χ2n) is 5.72. The lowest BCUT2D eigenvalue weighted by atomic mass is 9.95. The second-order valence-corrected chi connectivity index (χ2v) is 5.72. The first kappa shape index (κ1) is 15.6. The van der Waals surface area contributed by atoms with Crippen molar-refractivity contribution in [3.8, 4) is 0 Å². The van der Waals surface area contributed by atoms with E-state index >= 15 is 0 Å².